The van der Waals surface area contributed by atoms with E-state index in [0.29, 0.717) is 11.5 Å². The van der Waals surface area contributed by atoms with Crippen molar-refractivity contribution in [3.63, 3.8) is 0 Å². The molecule has 0 aliphatic heterocycles. The zero-order chi connectivity index (χ0) is 15.4. The topological polar surface area (TPSA) is 43.1 Å². The van der Waals surface area contributed by atoms with Crippen molar-refractivity contribution < 1.29 is 4.79 Å². The van der Waals surface area contributed by atoms with Gasteiger partial charge in [0.05, 0.1) is 6.04 Å². The van der Waals surface area contributed by atoms with Crippen molar-refractivity contribution in [2.45, 2.75) is 19.9 Å². The summed E-state index contributed by atoms with van der Waals surface area (Å²) < 4.78 is 0. The van der Waals surface area contributed by atoms with Gasteiger partial charge in [-0.3, -0.25) is 4.79 Å². The van der Waals surface area contributed by atoms with Crippen LogP contribution in [0.1, 0.15) is 29.8 Å². The molecule has 0 spiro atoms. The molecule has 0 fully saturated rings. The second kappa shape index (κ2) is 6.51. The van der Waals surface area contributed by atoms with E-state index >= 15 is 0 Å². The fourth-order valence-corrected chi connectivity index (χ4v) is 2.45. The molecule has 1 atom stereocenters. The molecule has 0 saturated carbocycles. The number of allylic oxidation sites excluding steroid dienone is 4. The number of hydrogen-bond acceptors (Lipinski definition) is 2. The summed E-state index contributed by atoms with van der Waals surface area (Å²) in [5.41, 5.74) is 11.4. The van der Waals surface area contributed by atoms with E-state index in [1.165, 1.54) is 5.57 Å². The molecule has 0 bridgehead atoms. The molecule has 0 saturated heterocycles. The summed E-state index contributed by atoms with van der Waals surface area (Å²) in [6.07, 6.45) is 8.83. The van der Waals surface area contributed by atoms with Crippen molar-refractivity contribution in [2.24, 2.45) is 11.7 Å². The van der Waals surface area contributed by atoms with Crippen LogP contribution in [-0.4, -0.2) is 12.3 Å². The Balaban J connectivity index is 2.54. The summed E-state index contributed by atoms with van der Waals surface area (Å²) in [6.45, 7) is 8.07. The number of benzene rings is 1. The van der Waals surface area contributed by atoms with Crippen LogP contribution >= 0.6 is 0 Å². The molecule has 1 aliphatic rings. The molecule has 0 aromatic heterocycles. The van der Waals surface area contributed by atoms with Crippen LogP contribution in [0.25, 0.3) is 5.57 Å². The highest BCUT2D eigenvalue weighted by Crippen LogP contribution is 2.32. The van der Waals surface area contributed by atoms with Gasteiger partial charge in [0.1, 0.15) is 6.29 Å². The summed E-state index contributed by atoms with van der Waals surface area (Å²) in [5, 5.41) is 0. The van der Waals surface area contributed by atoms with Crippen LogP contribution < -0.4 is 5.73 Å². The molecule has 2 nitrogen and oxygen atoms in total. The Morgan fingerprint density at radius 2 is 2.05 bits per heavy atom. The van der Waals surface area contributed by atoms with Crippen molar-refractivity contribution in [1.82, 2.24) is 0 Å². The highest BCUT2D eigenvalue weighted by atomic mass is 16.1. The summed E-state index contributed by atoms with van der Waals surface area (Å²) in [7, 11) is 0. The van der Waals surface area contributed by atoms with Crippen LogP contribution in [0.15, 0.2) is 66.3 Å². The third kappa shape index (κ3) is 3.29. The van der Waals surface area contributed by atoms with Gasteiger partial charge < -0.3 is 5.73 Å². The minimum absolute atomic E-state index is 0.201. The van der Waals surface area contributed by atoms with E-state index in [1.54, 1.807) is 12.1 Å². The number of hydrogen-bond donors (Lipinski definition) is 1. The summed E-state index contributed by atoms with van der Waals surface area (Å²) in [4.78, 5) is 11.0. The van der Waals surface area contributed by atoms with Crippen molar-refractivity contribution in [2.75, 3.05) is 0 Å². The van der Waals surface area contributed by atoms with E-state index in [1.807, 2.05) is 24.3 Å². The number of aldehydes is 1. The largest absolute Gasteiger partial charge is 0.320 e. The lowest BCUT2D eigenvalue weighted by atomic mass is 9.83. The van der Waals surface area contributed by atoms with E-state index in [0.717, 1.165) is 23.0 Å². The maximum absolute atomic E-state index is 11.0. The lowest BCUT2D eigenvalue weighted by molar-refractivity contribution is 0.112. The Labute approximate surface area is 126 Å². The third-order valence-corrected chi connectivity index (χ3v) is 3.68. The number of carbonyl (C=O) groups is 1. The van der Waals surface area contributed by atoms with E-state index in [2.05, 4.69) is 32.6 Å². The molecule has 0 radical (unpaired) electrons. The first-order valence-corrected chi connectivity index (χ1v) is 7.13. The molecule has 1 aromatic carbocycles. The first kappa shape index (κ1) is 15.2. The van der Waals surface area contributed by atoms with E-state index in [9.17, 15) is 4.79 Å². The highest BCUT2D eigenvalue weighted by Gasteiger charge is 2.21. The SMILES string of the molecule is C=C/C=C1/C=C(C(C)C)C=C(c2cccc(C=O)c2)C1N. The van der Waals surface area contributed by atoms with Gasteiger partial charge in [-0.25, -0.2) is 0 Å². The van der Waals surface area contributed by atoms with Crippen molar-refractivity contribution in [3.05, 3.63) is 77.4 Å². The van der Waals surface area contributed by atoms with Gasteiger partial charge in [0.25, 0.3) is 0 Å². The summed E-state index contributed by atoms with van der Waals surface area (Å²) in [6, 6.07) is 7.36. The quantitative estimate of drug-likeness (QED) is 0.849. The van der Waals surface area contributed by atoms with Crippen LogP contribution in [0, 0.1) is 5.92 Å². The van der Waals surface area contributed by atoms with Crippen LogP contribution in [0.4, 0.5) is 0 Å². The number of rotatable bonds is 4. The predicted molar refractivity (Wildman–Crippen MR) is 89.0 cm³/mol. The van der Waals surface area contributed by atoms with Crippen molar-refractivity contribution in [1.29, 1.82) is 0 Å². The molecule has 2 rings (SSSR count). The van der Waals surface area contributed by atoms with Gasteiger partial charge >= 0.3 is 0 Å². The Morgan fingerprint density at radius 1 is 1.29 bits per heavy atom. The zero-order valence-corrected chi connectivity index (χ0v) is 12.5. The molecule has 2 N–H and O–H groups in total. The van der Waals surface area contributed by atoms with Gasteiger partial charge in [-0.2, -0.15) is 0 Å². The van der Waals surface area contributed by atoms with Crippen molar-refractivity contribution >= 4 is 11.9 Å². The van der Waals surface area contributed by atoms with Crippen LogP contribution in [0.3, 0.4) is 0 Å². The maximum Gasteiger partial charge on any atom is 0.150 e. The first-order valence-electron chi connectivity index (χ1n) is 7.13. The van der Waals surface area contributed by atoms with Gasteiger partial charge in [-0.15, -0.1) is 0 Å². The Morgan fingerprint density at radius 3 is 2.67 bits per heavy atom. The lowest BCUT2D eigenvalue weighted by Crippen LogP contribution is -2.26. The molecule has 0 heterocycles. The average Bonchev–Trinajstić information content (AvgIpc) is 2.49. The van der Waals surface area contributed by atoms with Gasteiger partial charge in [0.2, 0.25) is 0 Å². The second-order valence-corrected chi connectivity index (χ2v) is 5.52. The van der Waals surface area contributed by atoms with Gasteiger partial charge in [0, 0.05) is 5.56 Å². The second-order valence-electron chi connectivity index (χ2n) is 5.52. The van der Waals surface area contributed by atoms with Gasteiger partial charge in [-0.1, -0.05) is 62.9 Å². The van der Waals surface area contributed by atoms with E-state index in [-0.39, 0.29) is 6.04 Å². The summed E-state index contributed by atoms with van der Waals surface area (Å²) in [5.74, 6) is 0.412. The number of carbonyl (C=O) groups excluding carboxylic acids is 1. The van der Waals surface area contributed by atoms with Gasteiger partial charge in [0.15, 0.2) is 0 Å². The molecule has 1 aliphatic carbocycles. The highest BCUT2D eigenvalue weighted by molar-refractivity contribution is 5.82. The molecular weight excluding hydrogens is 258 g/mol. The lowest BCUT2D eigenvalue weighted by Gasteiger charge is -2.25. The molecule has 2 heteroatoms. The van der Waals surface area contributed by atoms with E-state index in [4.69, 9.17) is 5.73 Å². The molecule has 21 heavy (non-hydrogen) atoms. The normalized spacial score (nSPS) is 20.2. The van der Waals surface area contributed by atoms with Crippen molar-refractivity contribution in [3.8, 4) is 0 Å². The Hall–Kier alpha value is -2.19. The molecule has 1 aromatic rings. The Kier molecular flexibility index (Phi) is 4.71. The summed E-state index contributed by atoms with van der Waals surface area (Å²) >= 11 is 0. The molecule has 1 unspecified atom stereocenters. The number of nitrogens with two attached hydrogens (primary N) is 1. The monoisotopic (exact) mass is 279 g/mol. The van der Waals surface area contributed by atoms with Crippen LogP contribution in [-0.2, 0) is 0 Å². The standard InChI is InChI=1S/C19H21NO/c1-4-6-16-10-17(13(2)3)11-18(19(16)20)15-8-5-7-14(9-15)12-21/h4-13,19H,1,20H2,2-3H3/b16-6-. The Bertz CT molecular complexity index is 647. The smallest absolute Gasteiger partial charge is 0.150 e. The van der Waals surface area contributed by atoms with Crippen LogP contribution in [0.5, 0.6) is 0 Å². The van der Waals surface area contributed by atoms with Crippen LogP contribution in [0.2, 0.25) is 0 Å². The third-order valence-electron chi connectivity index (χ3n) is 3.68. The minimum Gasteiger partial charge on any atom is -0.320 e. The fraction of sp³-hybridized carbons (Fsp3) is 0.211. The minimum atomic E-state index is -0.201. The predicted octanol–water partition coefficient (Wildman–Crippen LogP) is 3.92. The fourth-order valence-electron chi connectivity index (χ4n) is 2.45. The van der Waals surface area contributed by atoms with Gasteiger partial charge in [-0.05, 0) is 34.3 Å². The molecule has 108 valence electrons. The maximum atomic E-state index is 11.0. The van der Waals surface area contributed by atoms with E-state index < -0.39 is 0 Å². The average molecular weight is 279 g/mol. The molecule has 0 amide bonds. The molecular formula is C19H21NO. The zero-order valence-electron chi connectivity index (χ0n) is 12.5. The first-order chi connectivity index (χ1) is 10.1.